The molecule has 0 bridgehead atoms. The van der Waals surface area contributed by atoms with Crippen molar-refractivity contribution in [1.82, 2.24) is 5.32 Å². The van der Waals surface area contributed by atoms with Crippen molar-refractivity contribution in [1.29, 1.82) is 0 Å². The average molecular weight is 271 g/mol. The lowest BCUT2D eigenvalue weighted by Crippen LogP contribution is -2.20. The SMILES string of the molecule is CCc1ccc(C(NC)c2c(C)cc(C)cc2F)cc1. The van der Waals surface area contributed by atoms with Crippen LogP contribution in [0.5, 0.6) is 0 Å². The van der Waals surface area contributed by atoms with Gasteiger partial charge < -0.3 is 5.32 Å². The van der Waals surface area contributed by atoms with Gasteiger partial charge in [0.1, 0.15) is 5.82 Å². The van der Waals surface area contributed by atoms with Crippen LogP contribution >= 0.6 is 0 Å². The third-order valence-corrected chi connectivity index (χ3v) is 3.78. The van der Waals surface area contributed by atoms with Crippen LogP contribution in [0.15, 0.2) is 36.4 Å². The Morgan fingerprint density at radius 3 is 2.25 bits per heavy atom. The van der Waals surface area contributed by atoms with Crippen molar-refractivity contribution in [2.75, 3.05) is 7.05 Å². The maximum Gasteiger partial charge on any atom is 0.128 e. The van der Waals surface area contributed by atoms with Crippen LogP contribution in [0, 0.1) is 19.7 Å². The molecule has 2 rings (SSSR count). The van der Waals surface area contributed by atoms with Crippen LogP contribution in [0.25, 0.3) is 0 Å². The van der Waals surface area contributed by atoms with E-state index in [0.717, 1.165) is 28.7 Å². The monoisotopic (exact) mass is 271 g/mol. The smallest absolute Gasteiger partial charge is 0.128 e. The Morgan fingerprint density at radius 1 is 1.10 bits per heavy atom. The van der Waals surface area contributed by atoms with Gasteiger partial charge in [0.25, 0.3) is 0 Å². The predicted octanol–water partition coefficient (Wildman–Crippen LogP) is 4.31. The molecule has 2 aromatic carbocycles. The van der Waals surface area contributed by atoms with E-state index in [-0.39, 0.29) is 11.9 Å². The molecule has 1 nitrogen and oxygen atoms in total. The number of halogens is 1. The largest absolute Gasteiger partial charge is 0.309 e. The molecule has 0 spiro atoms. The second kappa shape index (κ2) is 6.19. The number of nitrogens with one attached hydrogen (secondary N) is 1. The van der Waals surface area contributed by atoms with E-state index in [1.165, 1.54) is 5.56 Å². The van der Waals surface area contributed by atoms with Gasteiger partial charge in [-0.3, -0.25) is 0 Å². The van der Waals surface area contributed by atoms with Crippen molar-refractivity contribution in [2.24, 2.45) is 0 Å². The summed E-state index contributed by atoms with van der Waals surface area (Å²) in [4.78, 5) is 0. The van der Waals surface area contributed by atoms with Crippen molar-refractivity contribution in [3.05, 3.63) is 70.0 Å². The summed E-state index contributed by atoms with van der Waals surface area (Å²) in [5.41, 5.74) is 5.07. The number of benzene rings is 2. The lowest BCUT2D eigenvalue weighted by atomic mass is 9.92. The molecule has 1 N–H and O–H groups in total. The minimum absolute atomic E-state index is 0.110. The Labute approximate surface area is 120 Å². The molecule has 0 aliphatic heterocycles. The molecule has 0 aliphatic rings. The topological polar surface area (TPSA) is 12.0 Å². The molecule has 0 amide bonds. The van der Waals surface area contributed by atoms with E-state index in [1.54, 1.807) is 6.07 Å². The van der Waals surface area contributed by atoms with E-state index in [2.05, 4.69) is 36.5 Å². The number of hydrogen-bond donors (Lipinski definition) is 1. The fourth-order valence-corrected chi connectivity index (χ4v) is 2.72. The van der Waals surface area contributed by atoms with Crippen molar-refractivity contribution in [3.8, 4) is 0 Å². The highest BCUT2D eigenvalue weighted by atomic mass is 19.1. The van der Waals surface area contributed by atoms with Gasteiger partial charge in [-0.05, 0) is 55.6 Å². The number of aryl methyl sites for hydroxylation is 3. The van der Waals surface area contributed by atoms with Crippen molar-refractivity contribution >= 4 is 0 Å². The molecule has 0 saturated heterocycles. The highest BCUT2D eigenvalue weighted by Gasteiger charge is 2.18. The summed E-state index contributed by atoms with van der Waals surface area (Å²) < 4.78 is 14.3. The van der Waals surface area contributed by atoms with Gasteiger partial charge in [-0.1, -0.05) is 37.3 Å². The maximum absolute atomic E-state index is 14.3. The zero-order valence-electron chi connectivity index (χ0n) is 12.6. The molecule has 2 aromatic rings. The first kappa shape index (κ1) is 14.7. The van der Waals surface area contributed by atoms with Crippen molar-refractivity contribution in [3.63, 3.8) is 0 Å². The predicted molar refractivity (Wildman–Crippen MR) is 82.6 cm³/mol. The summed E-state index contributed by atoms with van der Waals surface area (Å²) in [6.45, 7) is 6.02. The van der Waals surface area contributed by atoms with E-state index >= 15 is 0 Å². The molecule has 0 aliphatic carbocycles. The lowest BCUT2D eigenvalue weighted by molar-refractivity contribution is 0.572. The van der Waals surface area contributed by atoms with Crippen LogP contribution in [0.4, 0.5) is 4.39 Å². The van der Waals surface area contributed by atoms with Gasteiger partial charge in [-0.15, -0.1) is 0 Å². The minimum atomic E-state index is -0.138. The molecule has 106 valence electrons. The summed E-state index contributed by atoms with van der Waals surface area (Å²) in [5.74, 6) is -0.138. The summed E-state index contributed by atoms with van der Waals surface area (Å²) in [7, 11) is 1.87. The Morgan fingerprint density at radius 2 is 1.75 bits per heavy atom. The van der Waals surface area contributed by atoms with Crippen LogP contribution in [0.2, 0.25) is 0 Å². The normalized spacial score (nSPS) is 12.4. The molecule has 1 unspecified atom stereocenters. The van der Waals surface area contributed by atoms with Gasteiger partial charge >= 0.3 is 0 Å². The van der Waals surface area contributed by atoms with Crippen LogP contribution < -0.4 is 5.32 Å². The first-order chi connectivity index (χ1) is 9.56. The van der Waals surface area contributed by atoms with Gasteiger partial charge in [0, 0.05) is 5.56 Å². The van der Waals surface area contributed by atoms with Crippen LogP contribution in [0.1, 0.15) is 40.8 Å². The fraction of sp³-hybridized carbons (Fsp3) is 0.333. The van der Waals surface area contributed by atoms with E-state index in [4.69, 9.17) is 0 Å². The molecular formula is C18H22FN. The molecule has 0 saturated carbocycles. The molecule has 2 heteroatoms. The Hall–Kier alpha value is -1.67. The van der Waals surface area contributed by atoms with Crippen LogP contribution in [-0.2, 0) is 6.42 Å². The zero-order chi connectivity index (χ0) is 14.7. The summed E-state index contributed by atoms with van der Waals surface area (Å²) in [6.07, 6.45) is 1.02. The van der Waals surface area contributed by atoms with E-state index < -0.39 is 0 Å². The van der Waals surface area contributed by atoms with E-state index in [0.29, 0.717) is 0 Å². The third-order valence-electron chi connectivity index (χ3n) is 3.78. The molecule has 0 aromatic heterocycles. The Bertz CT molecular complexity index is 564. The van der Waals surface area contributed by atoms with Crippen molar-refractivity contribution < 1.29 is 4.39 Å². The Kier molecular flexibility index (Phi) is 4.56. The molecular weight excluding hydrogens is 249 g/mol. The van der Waals surface area contributed by atoms with Gasteiger partial charge in [0.15, 0.2) is 0 Å². The number of rotatable bonds is 4. The maximum atomic E-state index is 14.3. The lowest BCUT2D eigenvalue weighted by Gasteiger charge is -2.21. The second-order valence-corrected chi connectivity index (χ2v) is 5.29. The first-order valence-corrected chi connectivity index (χ1v) is 7.09. The average Bonchev–Trinajstić information content (AvgIpc) is 2.43. The zero-order valence-corrected chi connectivity index (χ0v) is 12.6. The molecule has 20 heavy (non-hydrogen) atoms. The third kappa shape index (κ3) is 2.91. The minimum Gasteiger partial charge on any atom is -0.309 e. The van der Waals surface area contributed by atoms with Gasteiger partial charge in [0.05, 0.1) is 6.04 Å². The number of hydrogen-bond acceptors (Lipinski definition) is 1. The first-order valence-electron chi connectivity index (χ1n) is 7.09. The fourth-order valence-electron chi connectivity index (χ4n) is 2.72. The quantitative estimate of drug-likeness (QED) is 0.873. The summed E-state index contributed by atoms with van der Waals surface area (Å²) in [5, 5.41) is 3.23. The standard InChI is InChI=1S/C18H22FN/c1-5-14-6-8-15(9-7-14)18(20-4)17-13(3)10-12(2)11-16(17)19/h6-11,18,20H,5H2,1-4H3. The molecule has 1 atom stereocenters. The molecule has 0 fully saturated rings. The highest BCUT2D eigenvalue weighted by molar-refractivity contribution is 5.40. The van der Waals surface area contributed by atoms with Crippen LogP contribution in [0.3, 0.4) is 0 Å². The van der Waals surface area contributed by atoms with E-state index in [9.17, 15) is 4.39 Å². The summed E-state index contributed by atoms with van der Waals surface area (Å²) >= 11 is 0. The second-order valence-electron chi connectivity index (χ2n) is 5.29. The summed E-state index contributed by atoms with van der Waals surface area (Å²) in [6, 6.07) is 11.9. The highest BCUT2D eigenvalue weighted by Crippen LogP contribution is 2.28. The van der Waals surface area contributed by atoms with Gasteiger partial charge in [0.2, 0.25) is 0 Å². The Balaban J connectivity index is 2.46. The molecule has 0 radical (unpaired) electrons. The van der Waals surface area contributed by atoms with Gasteiger partial charge in [-0.25, -0.2) is 4.39 Å². The van der Waals surface area contributed by atoms with Crippen molar-refractivity contribution in [2.45, 2.75) is 33.2 Å². The molecule has 0 heterocycles. The van der Waals surface area contributed by atoms with Gasteiger partial charge in [-0.2, -0.15) is 0 Å². The van der Waals surface area contributed by atoms with E-state index in [1.807, 2.05) is 27.0 Å². The van der Waals surface area contributed by atoms with Crippen LogP contribution in [-0.4, -0.2) is 7.05 Å².